The molecule has 1 fully saturated rings. The summed E-state index contributed by atoms with van der Waals surface area (Å²) in [7, 11) is 0. The van der Waals surface area contributed by atoms with Crippen molar-refractivity contribution in [3.63, 3.8) is 0 Å². The predicted octanol–water partition coefficient (Wildman–Crippen LogP) is 0.957. The van der Waals surface area contributed by atoms with Crippen molar-refractivity contribution in [2.24, 2.45) is 0 Å². The molecule has 0 radical (unpaired) electrons. The lowest BCUT2D eigenvalue weighted by Crippen LogP contribution is -2.40. The van der Waals surface area contributed by atoms with Crippen molar-refractivity contribution < 1.29 is 9.53 Å². The highest BCUT2D eigenvalue weighted by atomic mass is 16.5. The maximum absolute atomic E-state index is 11.8. The van der Waals surface area contributed by atoms with E-state index in [2.05, 4.69) is 10.4 Å². The first-order valence-corrected chi connectivity index (χ1v) is 6.19. The Hall–Kier alpha value is -1.36. The summed E-state index contributed by atoms with van der Waals surface area (Å²) in [6.07, 6.45) is 6.69. The number of carbonyl (C=O) groups is 1. The minimum absolute atomic E-state index is 0.147. The van der Waals surface area contributed by atoms with Gasteiger partial charge < -0.3 is 10.1 Å². The molecule has 0 spiro atoms. The van der Waals surface area contributed by atoms with Crippen LogP contribution in [0.5, 0.6) is 0 Å². The van der Waals surface area contributed by atoms with E-state index < -0.39 is 0 Å². The Bertz CT molecular complexity index is 347. The number of hydrogen-bond donors (Lipinski definition) is 1. The van der Waals surface area contributed by atoms with E-state index in [1.165, 1.54) is 0 Å². The van der Waals surface area contributed by atoms with Crippen molar-refractivity contribution >= 4 is 5.97 Å². The molecule has 1 heterocycles. The Kier molecular flexibility index (Phi) is 4.14. The molecule has 0 saturated heterocycles. The molecule has 1 aromatic heterocycles. The zero-order chi connectivity index (χ0) is 12.1. The van der Waals surface area contributed by atoms with Crippen LogP contribution in [0.25, 0.3) is 0 Å². The topological polar surface area (TPSA) is 56.2 Å². The largest absolute Gasteiger partial charge is 0.465 e. The first-order valence-electron chi connectivity index (χ1n) is 6.19. The Labute approximate surface area is 101 Å². The molecule has 5 nitrogen and oxygen atoms in total. The average Bonchev–Trinajstić information content (AvgIpc) is 2.98. The van der Waals surface area contributed by atoms with Crippen LogP contribution in [0.4, 0.5) is 0 Å². The van der Waals surface area contributed by atoms with Gasteiger partial charge >= 0.3 is 5.97 Å². The number of rotatable bonds is 7. The fourth-order valence-electron chi connectivity index (χ4n) is 1.74. The first kappa shape index (κ1) is 12.1. The molecule has 0 amide bonds. The molecule has 1 N–H and O–H groups in total. The smallest absolute Gasteiger partial charge is 0.323 e. The Morgan fingerprint density at radius 1 is 1.65 bits per heavy atom. The normalized spacial score (nSPS) is 16.8. The maximum Gasteiger partial charge on any atom is 0.323 e. The Morgan fingerprint density at radius 2 is 2.47 bits per heavy atom. The van der Waals surface area contributed by atoms with Gasteiger partial charge in [-0.3, -0.25) is 9.48 Å². The molecule has 94 valence electrons. The van der Waals surface area contributed by atoms with Crippen LogP contribution in [-0.2, 0) is 16.1 Å². The van der Waals surface area contributed by atoms with Crippen molar-refractivity contribution in [2.75, 3.05) is 6.61 Å². The number of nitrogens with one attached hydrogen (secondary N) is 1. The summed E-state index contributed by atoms with van der Waals surface area (Å²) in [6.45, 7) is 3.00. The highest BCUT2D eigenvalue weighted by Crippen LogP contribution is 2.20. The molecule has 1 aromatic rings. The summed E-state index contributed by atoms with van der Waals surface area (Å²) in [4.78, 5) is 11.8. The minimum atomic E-state index is -0.202. The number of nitrogens with zero attached hydrogens (tertiary/aromatic N) is 2. The SMILES string of the molecule is CCOC(=O)C(CCn1cccn1)NC1CC1. The van der Waals surface area contributed by atoms with Crippen molar-refractivity contribution in [3.8, 4) is 0 Å². The second-order valence-corrected chi connectivity index (χ2v) is 4.30. The molecule has 0 bridgehead atoms. The fraction of sp³-hybridized carbons (Fsp3) is 0.667. The lowest BCUT2D eigenvalue weighted by atomic mass is 10.2. The quantitative estimate of drug-likeness (QED) is 0.718. The van der Waals surface area contributed by atoms with E-state index in [4.69, 9.17) is 4.74 Å². The van der Waals surface area contributed by atoms with Crippen molar-refractivity contribution in [1.29, 1.82) is 0 Å². The van der Waals surface area contributed by atoms with E-state index >= 15 is 0 Å². The molecule has 0 aromatic carbocycles. The van der Waals surface area contributed by atoms with E-state index in [-0.39, 0.29) is 12.0 Å². The van der Waals surface area contributed by atoms with Gasteiger partial charge in [-0.15, -0.1) is 0 Å². The van der Waals surface area contributed by atoms with E-state index in [1.807, 2.05) is 23.9 Å². The number of carbonyl (C=O) groups excluding carboxylic acids is 1. The van der Waals surface area contributed by atoms with Crippen LogP contribution in [0.3, 0.4) is 0 Å². The number of esters is 1. The van der Waals surface area contributed by atoms with Crippen LogP contribution < -0.4 is 5.32 Å². The molecular formula is C12H19N3O2. The summed E-state index contributed by atoms with van der Waals surface area (Å²) in [5, 5.41) is 7.45. The third kappa shape index (κ3) is 3.85. The first-order chi connectivity index (χ1) is 8.29. The van der Waals surface area contributed by atoms with Gasteiger partial charge in [-0.25, -0.2) is 0 Å². The lowest BCUT2D eigenvalue weighted by Gasteiger charge is -2.16. The van der Waals surface area contributed by atoms with Crippen LogP contribution in [-0.4, -0.2) is 34.4 Å². The molecule has 2 rings (SSSR count). The zero-order valence-corrected chi connectivity index (χ0v) is 10.1. The van der Waals surface area contributed by atoms with E-state index in [1.54, 1.807) is 6.20 Å². The van der Waals surface area contributed by atoms with Crippen LogP contribution >= 0.6 is 0 Å². The molecular weight excluding hydrogens is 218 g/mol. The molecule has 1 saturated carbocycles. The third-order valence-corrected chi connectivity index (χ3v) is 2.79. The summed E-state index contributed by atoms with van der Waals surface area (Å²) in [5.41, 5.74) is 0. The summed E-state index contributed by atoms with van der Waals surface area (Å²) in [5.74, 6) is -0.147. The summed E-state index contributed by atoms with van der Waals surface area (Å²) < 4.78 is 6.91. The standard InChI is InChI=1S/C12H19N3O2/c1-2-17-12(16)11(14-10-4-5-10)6-9-15-8-3-7-13-15/h3,7-8,10-11,14H,2,4-6,9H2,1H3. The number of ether oxygens (including phenoxy) is 1. The molecule has 1 unspecified atom stereocenters. The molecule has 1 atom stereocenters. The van der Waals surface area contributed by atoms with E-state index in [9.17, 15) is 4.79 Å². The van der Waals surface area contributed by atoms with E-state index in [0.29, 0.717) is 12.6 Å². The Morgan fingerprint density at radius 3 is 3.06 bits per heavy atom. The molecule has 1 aliphatic carbocycles. The van der Waals surface area contributed by atoms with Crippen molar-refractivity contribution in [1.82, 2.24) is 15.1 Å². The molecule has 5 heteroatoms. The second kappa shape index (κ2) is 5.82. The van der Waals surface area contributed by atoms with E-state index in [0.717, 1.165) is 25.8 Å². The predicted molar refractivity (Wildman–Crippen MR) is 63.4 cm³/mol. The van der Waals surface area contributed by atoms with Gasteiger partial charge in [-0.05, 0) is 32.3 Å². The van der Waals surface area contributed by atoms with Gasteiger partial charge in [0, 0.05) is 25.0 Å². The highest BCUT2D eigenvalue weighted by molar-refractivity contribution is 5.75. The van der Waals surface area contributed by atoms with Gasteiger partial charge in [-0.2, -0.15) is 5.10 Å². The molecule has 0 aliphatic heterocycles. The minimum Gasteiger partial charge on any atom is -0.465 e. The molecule has 17 heavy (non-hydrogen) atoms. The number of aryl methyl sites for hydroxylation is 1. The number of hydrogen-bond acceptors (Lipinski definition) is 4. The second-order valence-electron chi connectivity index (χ2n) is 4.30. The van der Waals surface area contributed by atoms with Crippen LogP contribution in [0.1, 0.15) is 26.2 Å². The maximum atomic E-state index is 11.8. The zero-order valence-electron chi connectivity index (χ0n) is 10.1. The van der Waals surface area contributed by atoms with Gasteiger partial charge in [0.15, 0.2) is 0 Å². The highest BCUT2D eigenvalue weighted by Gasteiger charge is 2.28. The molecule has 1 aliphatic rings. The van der Waals surface area contributed by atoms with Crippen molar-refractivity contribution in [3.05, 3.63) is 18.5 Å². The van der Waals surface area contributed by atoms with Crippen LogP contribution in [0.2, 0.25) is 0 Å². The Balaban J connectivity index is 1.83. The van der Waals surface area contributed by atoms with Gasteiger partial charge in [0.2, 0.25) is 0 Å². The average molecular weight is 237 g/mol. The van der Waals surface area contributed by atoms with Crippen molar-refractivity contribution in [2.45, 2.75) is 44.8 Å². The van der Waals surface area contributed by atoms with Gasteiger partial charge in [0.1, 0.15) is 6.04 Å². The number of aromatic nitrogens is 2. The fourth-order valence-corrected chi connectivity index (χ4v) is 1.74. The van der Waals surface area contributed by atoms with Crippen LogP contribution in [0.15, 0.2) is 18.5 Å². The summed E-state index contributed by atoms with van der Waals surface area (Å²) in [6, 6.07) is 2.18. The van der Waals surface area contributed by atoms with Gasteiger partial charge in [0.05, 0.1) is 6.61 Å². The van der Waals surface area contributed by atoms with Gasteiger partial charge in [-0.1, -0.05) is 0 Å². The lowest BCUT2D eigenvalue weighted by molar-refractivity contribution is -0.146. The summed E-state index contributed by atoms with van der Waals surface area (Å²) >= 11 is 0. The third-order valence-electron chi connectivity index (χ3n) is 2.79. The van der Waals surface area contributed by atoms with Crippen LogP contribution in [0, 0.1) is 0 Å². The van der Waals surface area contributed by atoms with Gasteiger partial charge in [0.25, 0.3) is 0 Å². The monoisotopic (exact) mass is 237 g/mol.